The molecule has 0 aromatic heterocycles. The number of carbonyl (C=O) groups is 2. The highest BCUT2D eigenvalue weighted by Crippen LogP contribution is 2.25. The lowest BCUT2D eigenvalue weighted by atomic mass is 9.97. The Labute approximate surface area is 212 Å². The third-order valence-corrected chi connectivity index (χ3v) is 6.11. The van der Waals surface area contributed by atoms with E-state index in [0.717, 1.165) is 33.2 Å². The van der Waals surface area contributed by atoms with Crippen molar-refractivity contribution >= 4 is 22.6 Å². The monoisotopic (exact) mass is 481 g/mol. The first-order valence-electron chi connectivity index (χ1n) is 12.3. The molecule has 5 heteroatoms. The number of aryl methyl sites for hydroxylation is 1. The van der Waals surface area contributed by atoms with Crippen LogP contribution in [-0.2, 0) is 22.6 Å². The van der Waals surface area contributed by atoms with Crippen molar-refractivity contribution in [2.24, 2.45) is 0 Å². The molecule has 0 saturated heterocycles. The van der Waals surface area contributed by atoms with E-state index in [1.54, 1.807) is 6.92 Å². The molecule has 0 unspecified atom stereocenters. The molecule has 1 amide bonds. The molecule has 0 radical (unpaired) electrons. The molecule has 184 valence electrons. The van der Waals surface area contributed by atoms with Crippen molar-refractivity contribution in [3.05, 3.63) is 113 Å². The van der Waals surface area contributed by atoms with Crippen LogP contribution in [0.5, 0.6) is 5.75 Å². The summed E-state index contributed by atoms with van der Waals surface area (Å²) >= 11 is 0. The molecule has 4 aromatic carbocycles. The van der Waals surface area contributed by atoms with Gasteiger partial charge in [0.15, 0.2) is 0 Å². The number of nitrogens with one attached hydrogen (secondary N) is 1. The number of carbonyl (C=O) groups excluding carboxylic acids is 2. The van der Waals surface area contributed by atoms with Gasteiger partial charge in [-0.2, -0.15) is 0 Å². The molecule has 0 bridgehead atoms. The maximum absolute atomic E-state index is 13.5. The van der Waals surface area contributed by atoms with Gasteiger partial charge in [0.2, 0.25) is 0 Å². The van der Waals surface area contributed by atoms with E-state index in [1.165, 1.54) is 0 Å². The average molecular weight is 482 g/mol. The van der Waals surface area contributed by atoms with Crippen LogP contribution in [0.25, 0.3) is 10.8 Å². The summed E-state index contributed by atoms with van der Waals surface area (Å²) in [7, 11) is 0. The molecule has 0 spiro atoms. The summed E-state index contributed by atoms with van der Waals surface area (Å²) < 4.78 is 11.0. The molecule has 4 rings (SSSR count). The van der Waals surface area contributed by atoms with Gasteiger partial charge in [0.1, 0.15) is 12.4 Å². The SMILES string of the molecule is CCOC(=O)CCc1ccc(COc2ccccc2)cc1C(=O)N[C@@H](C)c1cccc2ccccc12. The topological polar surface area (TPSA) is 64.6 Å². The molecule has 0 heterocycles. The highest BCUT2D eigenvalue weighted by atomic mass is 16.5. The van der Waals surface area contributed by atoms with Crippen LogP contribution < -0.4 is 10.1 Å². The van der Waals surface area contributed by atoms with Gasteiger partial charge >= 0.3 is 5.97 Å². The number of esters is 1. The molecule has 36 heavy (non-hydrogen) atoms. The molecule has 0 fully saturated rings. The molecule has 1 N–H and O–H groups in total. The standard InChI is InChI=1S/C31H31NO4/c1-3-35-30(33)19-18-25-17-16-23(21-36-26-12-5-4-6-13-26)20-29(25)31(34)32-22(2)27-15-9-11-24-10-7-8-14-28(24)27/h4-17,20,22H,3,18-19,21H2,1-2H3,(H,32,34)/t22-/m0/s1. The van der Waals surface area contributed by atoms with Crippen molar-refractivity contribution in [2.75, 3.05) is 6.61 Å². The molecule has 0 aliphatic heterocycles. The molecular formula is C31H31NO4. The first kappa shape index (κ1) is 25.0. The van der Waals surface area contributed by atoms with Crippen LogP contribution in [0.4, 0.5) is 0 Å². The van der Waals surface area contributed by atoms with Crippen LogP contribution in [0, 0.1) is 0 Å². The summed E-state index contributed by atoms with van der Waals surface area (Å²) in [5.74, 6) is 0.305. The number of para-hydroxylation sites is 1. The zero-order valence-electron chi connectivity index (χ0n) is 20.7. The van der Waals surface area contributed by atoms with Gasteiger partial charge in [-0.1, -0.05) is 72.8 Å². The maximum Gasteiger partial charge on any atom is 0.306 e. The molecule has 0 aliphatic carbocycles. The zero-order valence-corrected chi connectivity index (χ0v) is 20.7. The number of amides is 1. The summed E-state index contributed by atoms with van der Waals surface area (Å²) in [4.78, 5) is 25.5. The van der Waals surface area contributed by atoms with E-state index in [9.17, 15) is 9.59 Å². The predicted octanol–water partition coefficient (Wildman–Crippen LogP) is 6.41. The number of ether oxygens (including phenoxy) is 2. The first-order chi connectivity index (χ1) is 17.5. The van der Waals surface area contributed by atoms with E-state index in [0.29, 0.717) is 25.2 Å². The number of hydrogen-bond acceptors (Lipinski definition) is 4. The lowest BCUT2D eigenvalue weighted by molar-refractivity contribution is -0.143. The molecule has 1 atom stereocenters. The minimum absolute atomic E-state index is 0.184. The second kappa shape index (κ2) is 12.0. The lowest BCUT2D eigenvalue weighted by Crippen LogP contribution is -2.28. The largest absolute Gasteiger partial charge is 0.489 e. The molecule has 0 aliphatic rings. The zero-order chi connectivity index (χ0) is 25.3. The van der Waals surface area contributed by atoms with Crippen LogP contribution in [0.3, 0.4) is 0 Å². The van der Waals surface area contributed by atoms with Gasteiger partial charge < -0.3 is 14.8 Å². The number of fused-ring (bicyclic) bond motifs is 1. The molecule has 5 nitrogen and oxygen atoms in total. The Hall–Kier alpha value is -4.12. The summed E-state index contributed by atoms with van der Waals surface area (Å²) in [5.41, 5.74) is 3.27. The molecule has 0 saturated carbocycles. The van der Waals surface area contributed by atoms with Gasteiger partial charge in [-0.3, -0.25) is 9.59 Å². The van der Waals surface area contributed by atoms with Crippen molar-refractivity contribution in [1.29, 1.82) is 0 Å². The normalized spacial score (nSPS) is 11.6. The van der Waals surface area contributed by atoms with E-state index in [4.69, 9.17) is 9.47 Å². The van der Waals surface area contributed by atoms with Crippen LogP contribution in [-0.4, -0.2) is 18.5 Å². The first-order valence-corrected chi connectivity index (χ1v) is 12.3. The second-order valence-corrected chi connectivity index (χ2v) is 8.66. The fourth-order valence-corrected chi connectivity index (χ4v) is 4.28. The second-order valence-electron chi connectivity index (χ2n) is 8.66. The van der Waals surface area contributed by atoms with Crippen LogP contribution in [0.2, 0.25) is 0 Å². The quantitative estimate of drug-likeness (QED) is 0.266. The van der Waals surface area contributed by atoms with Gasteiger partial charge in [-0.25, -0.2) is 0 Å². The fraction of sp³-hybridized carbons (Fsp3) is 0.226. The van der Waals surface area contributed by atoms with Gasteiger partial charge in [-0.15, -0.1) is 0 Å². The van der Waals surface area contributed by atoms with Crippen LogP contribution in [0.1, 0.15) is 53.4 Å². The van der Waals surface area contributed by atoms with E-state index in [-0.39, 0.29) is 24.3 Å². The third kappa shape index (κ3) is 6.30. The van der Waals surface area contributed by atoms with Crippen molar-refractivity contribution in [3.8, 4) is 5.75 Å². The Balaban J connectivity index is 1.56. The summed E-state index contributed by atoms with van der Waals surface area (Å²) in [5, 5.41) is 5.41. The Morgan fingerprint density at radius 1 is 0.889 bits per heavy atom. The molecule has 4 aromatic rings. The highest BCUT2D eigenvalue weighted by Gasteiger charge is 2.18. The van der Waals surface area contributed by atoms with Crippen LogP contribution >= 0.6 is 0 Å². The summed E-state index contributed by atoms with van der Waals surface area (Å²) in [6.45, 7) is 4.44. The minimum atomic E-state index is -0.274. The van der Waals surface area contributed by atoms with Gasteiger partial charge in [0.05, 0.1) is 12.6 Å². The van der Waals surface area contributed by atoms with Crippen molar-refractivity contribution in [1.82, 2.24) is 5.32 Å². The lowest BCUT2D eigenvalue weighted by Gasteiger charge is -2.19. The minimum Gasteiger partial charge on any atom is -0.489 e. The Morgan fingerprint density at radius 3 is 2.44 bits per heavy atom. The predicted molar refractivity (Wildman–Crippen MR) is 142 cm³/mol. The average Bonchev–Trinajstić information content (AvgIpc) is 2.91. The summed E-state index contributed by atoms with van der Waals surface area (Å²) in [6.07, 6.45) is 0.636. The van der Waals surface area contributed by atoms with Gasteiger partial charge in [-0.05, 0) is 65.9 Å². The third-order valence-electron chi connectivity index (χ3n) is 6.11. The van der Waals surface area contributed by atoms with E-state index < -0.39 is 0 Å². The van der Waals surface area contributed by atoms with Crippen molar-refractivity contribution < 1.29 is 19.1 Å². The Morgan fingerprint density at radius 2 is 1.64 bits per heavy atom. The van der Waals surface area contributed by atoms with Gasteiger partial charge in [0.25, 0.3) is 5.91 Å². The van der Waals surface area contributed by atoms with Gasteiger partial charge in [0, 0.05) is 12.0 Å². The molecular weight excluding hydrogens is 450 g/mol. The van der Waals surface area contributed by atoms with E-state index in [2.05, 4.69) is 23.5 Å². The Kier molecular flexibility index (Phi) is 8.35. The van der Waals surface area contributed by atoms with E-state index in [1.807, 2.05) is 79.7 Å². The number of rotatable bonds is 10. The summed E-state index contributed by atoms with van der Waals surface area (Å²) in [6, 6.07) is 29.3. The fourth-order valence-electron chi connectivity index (χ4n) is 4.28. The smallest absolute Gasteiger partial charge is 0.306 e. The highest BCUT2D eigenvalue weighted by molar-refractivity contribution is 5.97. The maximum atomic E-state index is 13.5. The van der Waals surface area contributed by atoms with Crippen LogP contribution in [0.15, 0.2) is 91.0 Å². The number of hydrogen-bond donors (Lipinski definition) is 1. The van der Waals surface area contributed by atoms with E-state index >= 15 is 0 Å². The number of benzene rings is 4. The Bertz CT molecular complexity index is 1330. The van der Waals surface area contributed by atoms with Crippen molar-refractivity contribution in [2.45, 2.75) is 39.3 Å². The van der Waals surface area contributed by atoms with Crippen molar-refractivity contribution in [3.63, 3.8) is 0 Å².